The van der Waals surface area contributed by atoms with Gasteiger partial charge in [0, 0.05) is 18.3 Å². The molecule has 2 aromatic carbocycles. The van der Waals surface area contributed by atoms with Crippen LogP contribution in [0.2, 0.25) is 5.02 Å². The van der Waals surface area contributed by atoms with Crippen molar-refractivity contribution in [3.05, 3.63) is 77.1 Å². The van der Waals surface area contributed by atoms with E-state index in [9.17, 15) is 4.79 Å². The zero-order valence-electron chi connectivity index (χ0n) is 15.6. The number of benzene rings is 2. The number of carbonyl (C=O) groups is 1. The van der Waals surface area contributed by atoms with E-state index in [2.05, 4.69) is 10.4 Å². The Bertz CT molecular complexity index is 909. The maximum atomic E-state index is 12.3. The lowest BCUT2D eigenvalue weighted by Crippen LogP contribution is -2.27. The van der Waals surface area contributed by atoms with Crippen LogP contribution in [0, 0.1) is 0 Å². The molecule has 1 N–H and O–H groups in total. The highest BCUT2D eigenvalue weighted by Gasteiger charge is 2.07. The third-order valence-electron chi connectivity index (χ3n) is 3.96. The van der Waals surface area contributed by atoms with Crippen LogP contribution >= 0.6 is 11.6 Å². The minimum absolute atomic E-state index is 0.138. The van der Waals surface area contributed by atoms with Crippen molar-refractivity contribution >= 4 is 17.5 Å². The van der Waals surface area contributed by atoms with E-state index >= 15 is 0 Å². The Hall–Kier alpha value is -2.99. The molecule has 1 heterocycles. The summed E-state index contributed by atoms with van der Waals surface area (Å²) < 4.78 is 12.9. The van der Waals surface area contributed by atoms with Gasteiger partial charge in [-0.2, -0.15) is 5.10 Å². The van der Waals surface area contributed by atoms with Gasteiger partial charge in [0.25, 0.3) is 5.91 Å². The lowest BCUT2D eigenvalue weighted by Gasteiger charge is -2.09. The van der Waals surface area contributed by atoms with Gasteiger partial charge in [0.15, 0.2) is 0 Å². The Kier molecular flexibility index (Phi) is 6.92. The molecule has 7 heteroatoms. The molecule has 0 bridgehead atoms. The van der Waals surface area contributed by atoms with Crippen molar-refractivity contribution in [2.45, 2.75) is 20.1 Å². The number of nitrogens with zero attached hydrogens (tertiary/aromatic N) is 2. The molecule has 146 valence electrons. The van der Waals surface area contributed by atoms with Crippen LogP contribution in [0.3, 0.4) is 0 Å². The van der Waals surface area contributed by atoms with Crippen LogP contribution in [0.4, 0.5) is 0 Å². The molecule has 0 unspecified atom stereocenters. The topological polar surface area (TPSA) is 65.4 Å². The van der Waals surface area contributed by atoms with E-state index in [0.29, 0.717) is 36.9 Å². The number of aromatic nitrogens is 2. The Morgan fingerprint density at radius 2 is 1.89 bits per heavy atom. The summed E-state index contributed by atoms with van der Waals surface area (Å²) in [7, 11) is 0. The number of amides is 1. The van der Waals surface area contributed by atoms with Crippen molar-refractivity contribution in [1.29, 1.82) is 0 Å². The van der Waals surface area contributed by atoms with Crippen LogP contribution < -0.4 is 14.8 Å². The van der Waals surface area contributed by atoms with E-state index in [1.807, 2.05) is 49.4 Å². The minimum Gasteiger partial charge on any atom is -0.494 e. The molecular weight excluding hydrogens is 378 g/mol. The summed E-state index contributed by atoms with van der Waals surface area (Å²) in [5, 5.41) is 7.53. The Balaban J connectivity index is 1.50. The van der Waals surface area contributed by atoms with Crippen LogP contribution in [-0.4, -0.2) is 28.8 Å². The average Bonchev–Trinajstić information content (AvgIpc) is 3.13. The van der Waals surface area contributed by atoms with Crippen LogP contribution in [0.15, 0.2) is 60.9 Å². The highest BCUT2D eigenvalue weighted by atomic mass is 35.5. The van der Waals surface area contributed by atoms with Crippen molar-refractivity contribution < 1.29 is 14.3 Å². The fourth-order valence-corrected chi connectivity index (χ4v) is 2.77. The molecule has 1 amide bonds. The number of rotatable bonds is 9. The first kappa shape index (κ1) is 19.8. The minimum atomic E-state index is -0.138. The predicted molar refractivity (Wildman–Crippen MR) is 108 cm³/mol. The number of hydrogen-bond acceptors (Lipinski definition) is 4. The van der Waals surface area contributed by atoms with Gasteiger partial charge in [-0.15, -0.1) is 0 Å². The fraction of sp³-hybridized carbons (Fsp3) is 0.238. The van der Waals surface area contributed by atoms with Gasteiger partial charge in [-0.3, -0.25) is 9.48 Å². The number of nitrogens with one attached hydrogen (secondary N) is 1. The number of hydrogen-bond donors (Lipinski definition) is 1. The van der Waals surface area contributed by atoms with Crippen molar-refractivity contribution in [3.63, 3.8) is 0 Å². The maximum absolute atomic E-state index is 12.3. The standard InChI is InChI=1S/C21H22ClN3O3/c1-2-27-19-6-8-20(9-7-19)28-15-16-4-3-5-17(12-16)21(26)23-10-11-25-14-18(22)13-24-25/h3-9,12-14H,2,10-11,15H2,1H3,(H,23,26). The molecular formula is C21H22ClN3O3. The predicted octanol–water partition coefficient (Wildman–Crippen LogP) is 3.94. The van der Waals surface area contributed by atoms with E-state index in [1.165, 1.54) is 0 Å². The van der Waals surface area contributed by atoms with Crippen molar-refractivity contribution in [2.24, 2.45) is 0 Å². The molecule has 0 saturated heterocycles. The van der Waals surface area contributed by atoms with Crippen LogP contribution in [-0.2, 0) is 13.2 Å². The van der Waals surface area contributed by atoms with Gasteiger partial charge in [-0.25, -0.2) is 0 Å². The molecule has 28 heavy (non-hydrogen) atoms. The van der Waals surface area contributed by atoms with E-state index in [-0.39, 0.29) is 5.91 Å². The van der Waals surface area contributed by atoms with Crippen molar-refractivity contribution in [2.75, 3.05) is 13.2 Å². The van der Waals surface area contributed by atoms with Gasteiger partial charge < -0.3 is 14.8 Å². The molecule has 0 aliphatic carbocycles. The molecule has 0 fully saturated rings. The molecule has 1 aromatic heterocycles. The Morgan fingerprint density at radius 3 is 2.57 bits per heavy atom. The summed E-state index contributed by atoms with van der Waals surface area (Å²) in [6.07, 6.45) is 3.28. The molecule has 0 aliphatic heterocycles. The lowest BCUT2D eigenvalue weighted by molar-refractivity contribution is 0.0951. The number of ether oxygens (including phenoxy) is 2. The van der Waals surface area contributed by atoms with Crippen LogP contribution in [0.1, 0.15) is 22.8 Å². The first-order valence-corrected chi connectivity index (χ1v) is 9.42. The maximum Gasteiger partial charge on any atom is 0.251 e. The third-order valence-corrected chi connectivity index (χ3v) is 4.15. The van der Waals surface area contributed by atoms with Crippen molar-refractivity contribution in [1.82, 2.24) is 15.1 Å². The average molecular weight is 400 g/mol. The lowest BCUT2D eigenvalue weighted by atomic mass is 10.1. The molecule has 3 aromatic rings. The Morgan fingerprint density at radius 1 is 1.14 bits per heavy atom. The van der Waals surface area contributed by atoms with Gasteiger partial charge in [-0.05, 0) is 48.9 Å². The van der Waals surface area contributed by atoms with Crippen LogP contribution in [0.5, 0.6) is 11.5 Å². The molecule has 0 radical (unpaired) electrons. The van der Waals surface area contributed by atoms with Gasteiger partial charge in [0.2, 0.25) is 0 Å². The second kappa shape index (κ2) is 9.80. The first-order valence-electron chi connectivity index (χ1n) is 9.05. The monoisotopic (exact) mass is 399 g/mol. The van der Waals surface area contributed by atoms with Gasteiger partial charge >= 0.3 is 0 Å². The summed E-state index contributed by atoms with van der Waals surface area (Å²) >= 11 is 5.82. The molecule has 6 nitrogen and oxygen atoms in total. The molecule has 0 spiro atoms. The third kappa shape index (κ3) is 5.76. The van der Waals surface area contributed by atoms with Crippen molar-refractivity contribution in [3.8, 4) is 11.5 Å². The van der Waals surface area contributed by atoms with E-state index in [4.69, 9.17) is 21.1 Å². The molecule has 0 atom stereocenters. The van der Waals surface area contributed by atoms with Gasteiger partial charge in [-0.1, -0.05) is 23.7 Å². The highest BCUT2D eigenvalue weighted by Crippen LogP contribution is 2.19. The number of halogens is 1. The summed E-state index contributed by atoms with van der Waals surface area (Å²) in [6, 6.07) is 14.8. The second-order valence-electron chi connectivity index (χ2n) is 6.07. The second-order valence-corrected chi connectivity index (χ2v) is 6.51. The molecule has 0 aliphatic rings. The molecule has 0 saturated carbocycles. The Labute approximate surface area is 169 Å². The summed E-state index contributed by atoms with van der Waals surface area (Å²) in [6.45, 7) is 3.97. The first-order chi connectivity index (χ1) is 13.6. The largest absolute Gasteiger partial charge is 0.494 e. The van der Waals surface area contributed by atoms with Gasteiger partial charge in [0.1, 0.15) is 18.1 Å². The summed E-state index contributed by atoms with van der Waals surface area (Å²) in [5.41, 5.74) is 1.51. The highest BCUT2D eigenvalue weighted by molar-refractivity contribution is 6.30. The van der Waals surface area contributed by atoms with Crippen LogP contribution in [0.25, 0.3) is 0 Å². The number of carbonyl (C=O) groups excluding carboxylic acids is 1. The summed E-state index contributed by atoms with van der Waals surface area (Å²) in [5.74, 6) is 1.42. The smallest absolute Gasteiger partial charge is 0.251 e. The zero-order chi connectivity index (χ0) is 19.8. The van der Waals surface area contributed by atoms with E-state index in [1.54, 1.807) is 23.1 Å². The molecule has 3 rings (SSSR count). The quantitative estimate of drug-likeness (QED) is 0.591. The summed E-state index contributed by atoms with van der Waals surface area (Å²) in [4.78, 5) is 12.3. The van der Waals surface area contributed by atoms with E-state index in [0.717, 1.165) is 17.1 Å². The SMILES string of the molecule is CCOc1ccc(OCc2cccc(C(=O)NCCn3cc(Cl)cn3)c2)cc1. The normalized spacial score (nSPS) is 10.5. The fourth-order valence-electron chi connectivity index (χ4n) is 2.61. The zero-order valence-corrected chi connectivity index (χ0v) is 16.4. The van der Waals surface area contributed by atoms with Gasteiger partial charge in [0.05, 0.1) is 24.4 Å². The van der Waals surface area contributed by atoms with E-state index < -0.39 is 0 Å².